The fourth-order valence-corrected chi connectivity index (χ4v) is 3.87. The lowest BCUT2D eigenvalue weighted by Gasteiger charge is -2.33. The molecule has 1 fully saturated rings. The summed E-state index contributed by atoms with van der Waals surface area (Å²) in [6, 6.07) is 3.15. The Morgan fingerprint density at radius 2 is 2.19 bits per heavy atom. The van der Waals surface area contributed by atoms with E-state index < -0.39 is 0 Å². The molecule has 0 aromatic carbocycles. The second kappa shape index (κ2) is 7.46. The Kier molecular flexibility index (Phi) is 5.88. The van der Waals surface area contributed by atoms with Crippen LogP contribution in [-0.2, 0) is 0 Å². The SMILES string of the molecule is CCCNC(CC1CCC(C)(C)C1NCC)c1ccoc1. The van der Waals surface area contributed by atoms with Crippen molar-refractivity contribution in [2.24, 2.45) is 11.3 Å². The molecule has 1 heterocycles. The van der Waals surface area contributed by atoms with Gasteiger partial charge >= 0.3 is 0 Å². The van der Waals surface area contributed by atoms with Crippen LogP contribution < -0.4 is 10.6 Å². The van der Waals surface area contributed by atoms with Crippen molar-refractivity contribution in [3.63, 3.8) is 0 Å². The molecular weight excluding hydrogens is 260 g/mol. The minimum absolute atomic E-state index is 0.409. The average Bonchev–Trinajstić information content (AvgIpc) is 3.06. The molecule has 0 bridgehead atoms. The molecule has 0 amide bonds. The van der Waals surface area contributed by atoms with Gasteiger partial charge in [-0.3, -0.25) is 0 Å². The second-order valence-electron chi connectivity index (χ2n) is 7.12. The summed E-state index contributed by atoms with van der Waals surface area (Å²) in [5, 5.41) is 7.44. The van der Waals surface area contributed by atoms with Gasteiger partial charge in [-0.1, -0.05) is 27.7 Å². The largest absolute Gasteiger partial charge is 0.472 e. The molecule has 1 aliphatic carbocycles. The molecule has 1 aliphatic rings. The Bertz CT molecular complexity index is 399. The molecule has 0 radical (unpaired) electrons. The van der Waals surface area contributed by atoms with E-state index in [4.69, 9.17) is 4.42 Å². The summed E-state index contributed by atoms with van der Waals surface area (Å²) in [4.78, 5) is 0. The molecule has 0 aliphatic heterocycles. The maximum atomic E-state index is 5.30. The molecule has 3 atom stereocenters. The number of hydrogen-bond donors (Lipinski definition) is 2. The van der Waals surface area contributed by atoms with Gasteiger partial charge in [0.15, 0.2) is 0 Å². The van der Waals surface area contributed by atoms with Gasteiger partial charge in [0, 0.05) is 17.6 Å². The molecule has 2 N–H and O–H groups in total. The Morgan fingerprint density at radius 1 is 1.38 bits per heavy atom. The first kappa shape index (κ1) is 16.6. The highest BCUT2D eigenvalue weighted by Gasteiger charge is 2.42. The van der Waals surface area contributed by atoms with Crippen LogP contribution in [0.4, 0.5) is 0 Å². The predicted octanol–water partition coefficient (Wildman–Crippen LogP) is 4.12. The van der Waals surface area contributed by atoms with Crippen LogP contribution in [0.3, 0.4) is 0 Å². The van der Waals surface area contributed by atoms with Crippen LogP contribution >= 0.6 is 0 Å². The van der Waals surface area contributed by atoms with Crippen LogP contribution in [0.1, 0.15) is 65.0 Å². The van der Waals surface area contributed by atoms with Crippen LogP contribution in [0, 0.1) is 11.3 Å². The Balaban J connectivity index is 2.05. The average molecular weight is 292 g/mol. The maximum absolute atomic E-state index is 5.30. The van der Waals surface area contributed by atoms with Crippen LogP contribution in [0.5, 0.6) is 0 Å². The molecule has 0 spiro atoms. The minimum atomic E-state index is 0.409. The van der Waals surface area contributed by atoms with Gasteiger partial charge in [0.2, 0.25) is 0 Å². The Hall–Kier alpha value is -0.800. The summed E-state index contributed by atoms with van der Waals surface area (Å²) >= 11 is 0. The number of nitrogens with one attached hydrogen (secondary N) is 2. The van der Waals surface area contributed by atoms with E-state index >= 15 is 0 Å². The molecule has 3 nitrogen and oxygen atoms in total. The number of hydrogen-bond acceptors (Lipinski definition) is 3. The van der Waals surface area contributed by atoms with Gasteiger partial charge in [-0.15, -0.1) is 0 Å². The molecule has 1 saturated carbocycles. The molecule has 2 rings (SSSR count). The van der Waals surface area contributed by atoms with E-state index in [2.05, 4.69) is 44.4 Å². The highest BCUT2D eigenvalue weighted by molar-refractivity contribution is 5.12. The Morgan fingerprint density at radius 3 is 2.81 bits per heavy atom. The summed E-state index contributed by atoms with van der Waals surface area (Å²) in [6.45, 7) is 11.4. The predicted molar refractivity (Wildman–Crippen MR) is 88.3 cm³/mol. The van der Waals surface area contributed by atoms with Crippen LogP contribution in [-0.4, -0.2) is 19.1 Å². The van der Waals surface area contributed by atoms with Crippen molar-refractivity contribution < 1.29 is 4.42 Å². The summed E-state index contributed by atoms with van der Waals surface area (Å²) in [5.41, 5.74) is 1.70. The third-order valence-electron chi connectivity index (χ3n) is 5.02. The first-order chi connectivity index (χ1) is 10.1. The van der Waals surface area contributed by atoms with E-state index in [0.717, 1.165) is 19.0 Å². The van der Waals surface area contributed by atoms with Crippen LogP contribution in [0.2, 0.25) is 0 Å². The molecule has 0 saturated heterocycles. The van der Waals surface area contributed by atoms with E-state index in [9.17, 15) is 0 Å². The lowest BCUT2D eigenvalue weighted by atomic mass is 9.82. The number of furan rings is 1. The number of rotatable bonds is 8. The van der Waals surface area contributed by atoms with Gasteiger partial charge in [0.05, 0.1) is 12.5 Å². The van der Waals surface area contributed by atoms with E-state index in [-0.39, 0.29) is 0 Å². The van der Waals surface area contributed by atoms with Crippen LogP contribution in [0.25, 0.3) is 0 Å². The summed E-state index contributed by atoms with van der Waals surface area (Å²) < 4.78 is 5.30. The standard InChI is InChI=1S/C18H32N2O/c1-5-10-20-16(15-8-11-21-13-15)12-14-7-9-18(3,4)17(14)19-6-2/h8,11,13-14,16-17,19-20H,5-7,9-10,12H2,1-4H3. The monoisotopic (exact) mass is 292 g/mol. The van der Waals surface area contributed by atoms with Crippen molar-refractivity contribution in [1.29, 1.82) is 0 Å². The fraction of sp³-hybridized carbons (Fsp3) is 0.778. The third kappa shape index (κ3) is 4.10. The van der Waals surface area contributed by atoms with Gasteiger partial charge in [-0.05, 0) is 56.2 Å². The smallest absolute Gasteiger partial charge is 0.0950 e. The molecular formula is C18H32N2O. The van der Waals surface area contributed by atoms with Crippen molar-refractivity contribution in [3.05, 3.63) is 24.2 Å². The second-order valence-corrected chi connectivity index (χ2v) is 7.12. The summed E-state index contributed by atoms with van der Waals surface area (Å²) in [5.74, 6) is 0.740. The summed E-state index contributed by atoms with van der Waals surface area (Å²) in [7, 11) is 0. The van der Waals surface area contributed by atoms with E-state index in [1.54, 1.807) is 6.26 Å². The minimum Gasteiger partial charge on any atom is -0.472 e. The lowest BCUT2D eigenvalue weighted by molar-refractivity contribution is 0.234. The van der Waals surface area contributed by atoms with E-state index in [0.29, 0.717) is 17.5 Å². The Labute approximate surface area is 129 Å². The van der Waals surface area contributed by atoms with Crippen LogP contribution in [0.15, 0.2) is 23.0 Å². The van der Waals surface area contributed by atoms with Crippen molar-refractivity contribution in [2.45, 2.75) is 65.5 Å². The van der Waals surface area contributed by atoms with Gasteiger partial charge < -0.3 is 15.1 Å². The van der Waals surface area contributed by atoms with Gasteiger partial charge in [-0.2, -0.15) is 0 Å². The van der Waals surface area contributed by atoms with Crippen molar-refractivity contribution in [3.8, 4) is 0 Å². The normalized spacial score (nSPS) is 26.1. The molecule has 3 heteroatoms. The highest BCUT2D eigenvalue weighted by atomic mass is 16.3. The first-order valence-corrected chi connectivity index (χ1v) is 8.57. The zero-order valence-electron chi connectivity index (χ0n) is 14.1. The van der Waals surface area contributed by atoms with Gasteiger partial charge in [0.25, 0.3) is 0 Å². The molecule has 1 aromatic heterocycles. The molecule has 3 unspecified atom stereocenters. The summed E-state index contributed by atoms with van der Waals surface area (Å²) in [6.07, 6.45) is 8.70. The lowest BCUT2D eigenvalue weighted by Crippen LogP contribution is -2.43. The maximum Gasteiger partial charge on any atom is 0.0950 e. The van der Waals surface area contributed by atoms with Gasteiger partial charge in [0.1, 0.15) is 0 Å². The van der Waals surface area contributed by atoms with E-state index in [1.165, 1.54) is 31.2 Å². The zero-order valence-corrected chi connectivity index (χ0v) is 14.1. The molecule has 1 aromatic rings. The highest BCUT2D eigenvalue weighted by Crippen LogP contribution is 2.44. The zero-order chi connectivity index (χ0) is 15.3. The first-order valence-electron chi connectivity index (χ1n) is 8.57. The third-order valence-corrected chi connectivity index (χ3v) is 5.02. The van der Waals surface area contributed by atoms with Gasteiger partial charge in [-0.25, -0.2) is 0 Å². The van der Waals surface area contributed by atoms with Crippen molar-refractivity contribution in [1.82, 2.24) is 10.6 Å². The van der Waals surface area contributed by atoms with E-state index in [1.807, 2.05) is 6.26 Å². The fourth-order valence-electron chi connectivity index (χ4n) is 3.87. The van der Waals surface area contributed by atoms with Crippen molar-refractivity contribution >= 4 is 0 Å². The molecule has 120 valence electrons. The molecule has 21 heavy (non-hydrogen) atoms. The topological polar surface area (TPSA) is 37.2 Å². The van der Waals surface area contributed by atoms with Crippen molar-refractivity contribution in [2.75, 3.05) is 13.1 Å². The quantitative estimate of drug-likeness (QED) is 0.756.